The van der Waals surface area contributed by atoms with Gasteiger partial charge in [-0.3, -0.25) is 0 Å². The molecular formula is C120H108. The summed E-state index contributed by atoms with van der Waals surface area (Å²) in [5, 5.41) is 0. The van der Waals surface area contributed by atoms with Crippen LogP contribution in [0.5, 0.6) is 0 Å². The van der Waals surface area contributed by atoms with Crippen LogP contribution in [0, 0.1) is 83.1 Å². The third kappa shape index (κ3) is 22.4. The van der Waals surface area contributed by atoms with E-state index in [1.165, 1.54) is 200 Å². The largest absolute Gasteiger partial charge is 0.0620 e. The van der Waals surface area contributed by atoms with E-state index in [4.69, 9.17) is 0 Å². The van der Waals surface area contributed by atoms with Crippen LogP contribution in [0.4, 0.5) is 0 Å². The van der Waals surface area contributed by atoms with Crippen LogP contribution in [0.25, 0.3) is 134 Å². The Kier molecular flexibility index (Phi) is 28.8. The van der Waals surface area contributed by atoms with E-state index < -0.39 is 0 Å². The molecular weight excluding hydrogens is 1440 g/mol. The van der Waals surface area contributed by atoms with Gasteiger partial charge in [0.05, 0.1) is 0 Å². The zero-order chi connectivity index (χ0) is 83.7. The summed E-state index contributed by atoms with van der Waals surface area (Å²) in [6.07, 6.45) is 0. The maximum atomic E-state index is 2.25. The topological polar surface area (TPSA) is 0 Å². The second-order valence-corrected chi connectivity index (χ2v) is 31.5. The van der Waals surface area contributed by atoms with Gasteiger partial charge in [0.25, 0.3) is 0 Å². The van der Waals surface area contributed by atoms with Gasteiger partial charge in [0.15, 0.2) is 0 Å². The zero-order valence-electron chi connectivity index (χ0n) is 71.6. The fraction of sp³-hybridized carbons (Fsp3) is 0.100. The molecule has 18 aromatic carbocycles. The molecule has 0 radical (unpaired) electrons. The van der Waals surface area contributed by atoms with Crippen molar-refractivity contribution < 1.29 is 0 Å². The highest BCUT2D eigenvalue weighted by Gasteiger charge is 2.13. The fourth-order valence-corrected chi connectivity index (χ4v) is 15.5. The second kappa shape index (κ2) is 41.2. The molecule has 0 aliphatic rings. The molecule has 0 saturated carbocycles. The molecule has 0 bridgehead atoms. The van der Waals surface area contributed by atoms with Gasteiger partial charge in [-0.15, -0.1) is 0 Å². The summed E-state index contributed by atoms with van der Waals surface area (Å²) in [7, 11) is 0. The summed E-state index contributed by atoms with van der Waals surface area (Å²) in [6.45, 7) is 25.7. The van der Waals surface area contributed by atoms with Crippen molar-refractivity contribution in [2.75, 3.05) is 0 Å². The van der Waals surface area contributed by atoms with Gasteiger partial charge in [-0.25, -0.2) is 0 Å². The molecule has 0 aliphatic carbocycles. The number of rotatable bonds is 12. The first-order chi connectivity index (χ1) is 58.5. The number of benzene rings is 18. The second-order valence-electron chi connectivity index (χ2n) is 31.5. The Bertz CT molecular complexity index is 6240. The van der Waals surface area contributed by atoms with Crippen LogP contribution < -0.4 is 0 Å². The Morgan fingerprint density at radius 2 is 0.258 bits per heavy atom. The highest BCUT2D eigenvalue weighted by atomic mass is 14.2. The van der Waals surface area contributed by atoms with Gasteiger partial charge in [0.2, 0.25) is 0 Å². The summed E-state index contributed by atoms with van der Waals surface area (Å²) in [4.78, 5) is 0. The third-order valence-corrected chi connectivity index (χ3v) is 22.1. The first-order valence-corrected chi connectivity index (χ1v) is 41.8. The van der Waals surface area contributed by atoms with Gasteiger partial charge in [-0.1, -0.05) is 476 Å². The molecule has 0 spiro atoms. The average Bonchev–Trinajstić information content (AvgIpc) is 0.830. The molecule has 0 saturated heterocycles. The first-order valence-electron chi connectivity index (χ1n) is 41.8. The first kappa shape index (κ1) is 83.9. The molecule has 0 fully saturated rings. The Morgan fingerprint density at radius 3 is 0.517 bits per heavy atom. The summed E-state index contributed by atoms with van der Waals surface area (Å²) in [5.74, 6) is 0. The molecule has 18 aromatic rings. The van der Waals surface area contributed by atoms with Gasteiger partial charge in [-0.2, -0.15) is 0 Å². The summed E-state index contributed by atoms with van der Waals surface area (Å²) in [5.41, 5.74) is 46.5. The predicted octanol–water partition coefficient (Wildman–Crippen LogP) is 33.8. The molecule has 120 heavy (non-hydrogen) atoms. The standard InChI is InChI=1S/6C20H18/c1-15-7-3-5-9-19(15)17-11-13-18(14-12-17)20-10-6-4-8-16(20)2;1-15-7-5-9-17(13-15)19-11-3-4-12-20(19)18-10-6-8-16(2)14-18;1-15-8-7-10-17(14-15)19-12-5-6-13-20(19)18-11-4-3-9-16(18)2;1-15-10-12-17(13-11-15)19-8-3-4-9-20(19)18-7-5-6-16(2)14-18;1-15-6-5-8-19(14-15)17-10-12-18(13-11-17)20-9-4-3-7-16(20)2;1-15-7-9-17(10-8-15)18-11-13-19(14-12-18)20-6-4-3-5-16(20)2/h6*3-14H,1-2H3. The van der Waals surface area contributed by atoms with E-state index in [0.717, 1.165) is 0 Å². The minimum absolute atomic E-state index is 1.27. The van der Waals surface area contributed by atoms with Crippen molar-refractivity contribution in [3.05, 3.63) is 504 Å². The van der Waals surface area contributed by atoms with E-state index in [1.54, 1.807) is 0 Å². The minimum Gasteiger partial charge on any atom is -0.0620 e. The molecule has 0 heteroatoms. The van der Waals surface area contributed by atoms with Crippen LogP contribution >= 0.6 is 0 Å². The fourth-order valence-electron chi connectivity index (χ4n) is 15.5. The van der Waals surface area contributed by atoms with Crippen molar-refractivity contribution in [1.29, 1.82) is 0 Å². The lowest BCUT2D eigenvalue weighted by atomic mass is 9.92. The van der Waals surface area contributed by atoms with E-state index in [-0.39, 0.29) is 0 Å². The van der Waals surface area contributed by atoms with Crippen molar-refractivity contribution in [3.63, 3.8) is 0 Å². The van der Waals surface area contributed by atoms with Crippen molar-refractivity contribution in [2.24, 2.45) is 0 Å². The molecule has 0 amide bonds. The molecule has 0 aliphatic heterocycles. The SMILES string of the molecule is Cc1ccc(-c2ccc(-c3ccccc3C)cc2)cc1.Cc1ccc(-c2ccccc2-c2cccc(C)c2)cc1.Cc1cccc(-c2ccc(-c3ccccc3C)cc2)c1.Cc1cccc(-c2ccccc2-c2cccc(C)c2)c1.Cc1cccc(-c2ccccc2-c2ccccc2C)c1.Cc1ccccc1-c1ccc(-c2ccccc2C)cc1. The molecule has 0 atom stereocenters. The van der Waals surface area contributed by atoms with Crippen LogP contribution in [0.1, 0.15) is 66.8 Å². The molecule has 0 heterocycles. The lowest BCUT2D eigenvalue weighted by Crippen LogP contribution is -1.88. The maximum absolute atomic E-state index is 2.25. The third-order valence-electron chi connectivity index (χ3n) is 22.1. The summed E-state index contributed by atoms with van der Waals surface area (Å²) >= 11 is 0. The summed E-state index contributed by atoms with van der Waals surface area (Å²) < 4.78 is 0. The quantitative estimate of drug-likeness (QED) is 0.114. The van der Waals surface area contributed by atoms with Crippen LogP contribution in [0.15, 0.2) is 437 Å². The lowest BCUT2D eigenvalue weighted by Gasteiger charge is -2.12. The van der Waals surface area contributed by atoms with Gasteiger partial charge in [0.1, 0.15) is 0 Å². The van der Waals surface area contributed by atoms with E-state index in [1.807, 2.05) is 0 Å². The highest BCUT2D eigenvalue weighted by molar-refractivity contribution is 5.87. The van der Waals surface area contributed by atoms with Gasteiger partial charge in [0, 0.05) is 0 Å². The molecule has 0 aromatic heterocycles. The zero-order valence-corrected chi connectivity index (χ0v) is 71.6. The van der Waals surface area contributed by atoms with E-state index in [0.29, 0.717) is 0 Å². The van der Waals surface area contributed by atoms with Crippen LogP contribution in [-0.2, 0) is 0 Å². The van der Waals surface area contributed by atoms with Crippen molar-refractivity contribution in [1.82, 2.24) is 0 Å². The van der Waals surface area contributed by atoms with E-state index in [9.17, 15) is 0 Å². The van der Waals surface area contributed by atoms with Gasteiger partial charge >= 0.3 is 0 Å². The molecule has 0 N–H and O–H groups in total. The Morgan fingerprint density at radius 1 is 0.0917 bits per heavy atom. The van der Waals surface area contributed by atoms with Crippen molar-refractivity contribution >= 4 is 0 Å². The molecule has 0 unspecified atom stereocenters. The Labute approximate surface area is 715 Å². The molecule has 18 rings (SSSR count). The van der Waals surface area contributed by atoms with E-state index >= 15 is 0 Å². The Balaban J connectivity index is 0.000000124. The average molecular weight is 1550 g/mol. The van der Waals surface area contributed by atoms with Crippen LogP contribution in [0.3, 0.4) is 0 Å². The van der Waals surface area contributed by atoms with Gasteiger partial charge in [-0.05, 0) is 244 Å². The normalized spacial score (nSPS) is 10.5. The monoisotopic (exact) mass is 1550 g/mol. The number of hydrogen-bond donors (Lipinski definition) is 0. The Hall–Kier alpha value is -14.0. The summed E-state index contributed by atoms with van der Waals surface area (Å²) in [6, 6.07) is 156. The van der Waals surface area contributed by atoms with Gasteiger partial charge < -0.3 is 0 Å². The molecule has 588 valence electrons. The lowest BCUT2D eigenvalue weighted by molar-refractivity contribution is 1.44. The maximum Gasteiger partial charge on any atom is -0.0103 e. The smallest absolute Gasteiger partial charge is 0.0103 e. The van der Waals surface area contributed by atoms with Crippen molar-refractivity contribution in [2.45, 2.75) is 83.1 Å². The van der Waals surface area contributed by atoms with Crippen LogP contribution in [-0.4, -0.2) is 0 Å². The van der Waals surface area contributed by atoms with Crippen molar-refractivity contribution in [3.8, 4) is 134 Å². The van der Waals surface area contributed by atoms with Crippen LogP contribution in [0.2, 0.25) is 0 Å². The highest BCUT2D eigenvalue weighted by Crippen LogP contribution is 2.38. The minimum atomic E-state index is 1.27. The number of aryl methyl sites for hydroxylation is 12. The predicted molar refractivity (Wildman–Crippen MR) is 521 cm³/mol. The number of hydrogen-bond acceptors (Lipinski definition) is 0. The molecule has 0 nitrogen and oxygen atoms in total. The van der Waals surface area contributed by atoms with E-state index in [2.05, 4.69) is 520 Å².